The SMILES string of the molecule is Cc1cc(C(C)C)c(-c2ccccc2)cc1C(C)C. The summed E-state index contributed by atoms with van der Waals surface area (Å²) >= 11 is 0. The fraction of sp³-hybridized carbons (Fsp3) is 0.368. The van der Waals surface area contributed by atoms with Crippen molar-refractivity contribution in [2.75, 3.05) is 0 Å². The Hall–Kier alpha value is -1.56. The third-order valence-electron chi connectivity index (χ3n) is 3.77. The summed E-state index contributed by atoms with van der Waals surface area (Å²) in [6.45, 7) is 11.3. The van der Waals surface area contributed by atoms with Gasteiger partial charge in [0.15, 0.2) is 0 Å². The van der Waals surface area contributed by atoms with Gasteiger partial charge in [0.25, 0.3) is 0 Å². The van der Waals surface area contributed by atoms with Crippen LogP contribution in [-0.4, -0.2) is 0 Å². The molecule has 100 valence electrons. The van der Waals surface area contributed by atoms with Gasteiger partial charge in [-0.2, -0.15) is 0 Å². The Balaban J connectivity index is 2.66. The van der Waals surface area contributed by atoms with Crippen LogP contribution in [0.5, 0.6) is 0 Å². The highest BCUT2D eigenvalue weighted by Gasteiger charge is 2.13. The van der Waals surface area contributed by atoms with E-state index in [0.717, 1.165) is 0 Å². The number of hydrogen-bond donors (Lipinski definition) is 0. The smallest absolute Gasteiger partial charge is 0.0146 e. The first-order chi connectivity index (χ1) is 9.00. The van der Waals surface area contributed by atoms with Gasteiger partial charge in [0.05, 0.1) is 0 Å². The summed E-state index contributed by atoms with van der Waals surface area (Å²) in [6.07, 6.45) is 0. The van der Waals surface area contributed by atoms with Crippen molar-refractivity contribution in [2.45, 2.75) is 46.5 Å². The maximum atomic E-state index is 2.39. The van der Waals surface area contributed by atoms with Gasteiger partial charge in [-0.25, -0.2) is 0 Å². The van der Waals surface area contributed by atoms with Gasteiger partial charge in [-0.3, -0.25) is 0 Å². The fourth-order valence-electron chi connectivity index (χ4n) is 2.71. The van der Waals surface area contributed by atoms with E-state index in [9.17, 15) is 0 Å². The molecule has 0 aliphatic heterocycles. The van der Waals surface area contributed by atoms with E-state index in [1.54, 1.807) is 0 Å². The molecule has 0 unspecified atom stereocenters. The van der Waals surface area contributed by atoms with Gasteiger partial charge in [-0.1, -0.05) is 70.2 Å². The molecule has 0 N–H and O–H groups in total. The first-order valence-corrected chi connectivity index (χ1v) is 7.20. The van der Waals surface area contributed by atoms with E-state index in [0.29, 0.717) is 11.8 Å². The van der Waals surface area contributed by atoms with Crippen LogP contribution in [0, 0.1) is 6.92 Å². The molecule has 2 aromatic rings. The summed E-state index contributed by atoms with van der Waals surface area (Å²) in [5.74, 6) is 1.12. The van der Waals surface area contributed by atoms with Crippen molar-refractivity contribution < 1.29 is 0 Å². The van der Waals surface area contributed by atoms with Crippen LogP contribution in [-0.2, 0) is 0 Å². The molecule has 19 heavy (non-hydrogen) atoms. The van der Waals surface area contributed by atoms with E-state index in [2.05, 4.69) is 77.1 Å². The van der Waals surface area contributed by atoms with Gasteiger partial charge in [0.2, 0.25) is 0 Å². The van der Waals surface area contributed by atoms with Crippen LogP contribution >= 0.6 is 0 Å². The lowest BCUT2D eigenvalue weighted by Crippen LogP contribution is -1.99. The van der Waals surface area contributed by atoms with Crippen molar-refractivity contribution in [3.8, 4) is 11.1 Å². The molecular formula is C19H24. The van der Waals surface area contributed by atoms with Crippen LogP contribution in [0.2, 0.25) is 0 Å². The molecule has 0 bridgehead atoms. The molecule has 0 saturated carbocycles. The molecular weight excluding hydrogens is 228 g/mol. The molecule has 0 radical (unpaired) electrons. The van der Waals surface area contributed by atoms with Crippen LogP contribution in [0.1, 0.15) is 56.2 Å². The Kier molecular flexibility index (Phi) is 4.09. The first-order valence-electron chi connectivity index (χ1n) is 7.20. The minimum atomic E-state index is 0.551. The molecule has 0 nitrogen and oxygen atoms in total. The molecule has 0 aliphatic rings. The molecule has 0 atom stereocenters. The highest BCUT2D eigenvalue weighted by Crippen LogP contribution is 2.34. The van der Waals surface area contributed by atoms with Gasteiger partial charge < -0.3 is 0 Å². The molecule has 0 heteroatoms. The Morgan fingerprint density at radius 2 is 1.32 bits per heavy atom. The molecule has 0 heterocycles. The number of benzene rings is 2. The number of rotatable bonds is 3. The fourth-order valence-corrected chi connectivity index (χ4v) is 2.71. The van der Waals surface area contributed by atoms with Crippen LogP contribution in [0.4, 0.5) is 0 Å². The van der Waals surface area contributed by atoms with Crippen molar-refractivity contribution in [3.63, 3.8) is 0 Å². The van der Waals surface area contributed by atoms with Crippen molar-refractivity contribution in [1.29, 1.82) is 0 Å². The van der Waals surface area contributed by atoms with Crippen molar-refractivity contribution in [1.82, 2.24) is 0 Å². The van der Waals surface area contributed by atoms with E-state index in [1.807, 2.05) is 0 Å². The second-order valence-electron chi connectivity index (χ2n) is 5.97. The average molecular weight is 252 g/mol. The second-order valence-corrected chi connectivity index (χ2v) is 5.97. The summed E-state index contributed by atoms with van der Waals surface area (Å²) in [6, 6.07) is 15.5. The monoisotopic (exact) mass is 252 g/mol. The minimum Gasteiger partial charge on any atom is -0.0622 e. The van der Waals surface area contributed by atoms with Gasteiger partial charge >= 0.3 is 0 Å². The maximum absolute atomic E-state index is 2.39. The van der Waals surface area contributed by atoms with Gasteiger partial charge in [0.1, 0.15) is 0 Å². The van der Waals surface area contributed by atoms with E-state index in [1.165, 1.54) is 27.8 Å². The highest BCUT2D eigenvalue weighted by molar-refractivity contribution is 5.70. The van der Waals surface area contributed by atoms with E-state index >= 15 is 0 Å². The van der Waals surface area contributed by atoms with Crippen LogP contribution in [0.25, 0.3) is 11.1 Å². The minimum absolute atomic E-state index is 0.551. The predicted octanol–water partition coefficient (Wildman–Crippen LogP) is 5.91. The lowest BCUT2D eigenvalue weighted by atomic mass is 9.86. The Morgan fingerprint density at radius 3 is 1.84 bits per heavy atom. The van der Waals surface area contributed by atoms with Crippen molar-refractivity contribution in [2.24, 2.45) is 0 Å². The summed E-state index contributed by atoms with van der Waals surface area (Å²) in [5, 5.41) is 0. The van der Waals surface area contributed by atoms with Crippen LogP contribution in [0.3, 0.4) is 0 Å². The summed E-state index contributed by atoms with van der Waals surface area (Å²) in [7, 11) is 0. The van der Waals surface area contributed by atoms with E-state index in [-0.39, 0.29) is 0 Å². The Morgan fingerprint density at radius 1 is 0.737 bits per heavy atom. The Labute approximate surface area is 117 Å². The molecule has 0 fully saturated rings. The molecule has 2 aromatic carbocycles. The summed E-state index contributed by atoms with van der Waals surface area (Å²) < 4.78 is 0. The standard InChI is InChI=1S/C19H24/c1-13(2)17-12-19(16-9-7-6-8-10-16)18(14(3)4)11-15(17)5/h6-14H,1-5H3. The quantitative estimate of drug-likeness (QED) is 0.637. The average Bonchev–Trinajstić information content (AvgIpc) is 2.38. The highest BCUT2D eigenvalue weighted by atomic mass is 14.2. The largest absolute Gasteiger partial charge is 0.0622 e. The third kappa shape index (κ3) is 2.89. The maximum Gasteiger partial charge on any atom is -0.0146 e. The van der Waals surface area contributed by atoms with Crippen molar-refractivity contribution >= 4 is 0 Å². The third-order valence-corrected chi connectivity index (χ3v) is 3.77. The molecule has 0 spiro atoms. The lowest BCUT2D eigenvalue weighted by Gasteiger charge is -2.19. The predicted molar refractivity (Wildman–Crippen MR) is 84.8 cm³/mol. The second kappa shape index (κ2) is 5.61. The molecule has 0 aliphatic carbocycles. The van der Waals surface area contributed by atoms with E-state index in [4.69, 9.17) is 0 Å². The normalized spacial score (nSPS) is 11.3. The zero-order valence-electron chi connectivity index (χ0n) is 12.7. The number of hydrogen-bond acceptors (Lipinski definition) is 0. The molecule has 2 rings (SSSR count). The zero-order valence-corrected chi connectivity index (χ0v) is 12.7. The molecule has 0 saturated heterocycles. The van der Waals surface area contributed by atoms with Crippen LogP contribution < -0.4 is 0 Å². The van der Waals surface area contributed by atoms with Crippen LogP contribution in [0.15, 0.2) is 42.5 Å². The van der Waals surface area contributed by atoms with Crippen molar-refractivity contribution in [3.05, 3.63) is 59.2 Å². The Bertz CT molecular complexity index is 548. The van der Waals surface area contributed by atoms with Gasteiger partial charge in [-0.15, -0.1) is 0 Å². The molecule has 0 amide bonds. The summed E-state index contributed by atoms with van der Waals surface area (Å²) in [4.78, 5) is 0. The number of aryl methyl sites for hydroxylation is 1. The van der Waals surface area contributed by atoms with Gasteiger partial charge in [0, 0.05) is 0 Å². The summed E-state index contributed by atoms with van der Waals surface area (Å²) in [5.41, 5.74) is 7.05. The molecule has 0 aromatic heterocycles. The van der Waals surface area contributed by atoms with Gasteiger partial charge in [-0.05, 0) is 46.6 Å². The first kappa shape index (κ1) is 13.9. The van der Waals surface area contributed by atoms with E-state index < -0.39 is 0 Å². The lowest BCUT2D eigenvalue weighted by molar-refractivity contribution is 0.837. The topological polar surface area (TPSA) is 0 Å². The zero-order chi connectivity index (χ0) is 14.0.